The van der Waals surface area contributed by atoms with Crippen LogP contribution in [0.1, 0.15) is 12.8 Å². The molecule has 18 nitrogen and oxygen atoms in total. The van der Waals surface area contributed by atoms with Gasteiger partial charge in [-0.15, -0.1) is 0 Å². The predicted molar refractivity (Wildman–Crippen MR) is 135 cm³/mol. The molecule has 0 bridgehead atoms. The van der Waals surface area contributed by atoms with Crippen LogP contribution in [0.15, 0.2) is 0 Å². The third-order valence-corrected chi connectivity index (χ3v) is 8.17. The molecule has 18 heteroatoms. The predicted octanol–water partition coefficient (Wildman–Crippen LogP) is -7.83. The van der Waals surface area contributed by atoms with Gasteiger partial charge in [0.15, 0.2) is 18.9 Å². The average Bonchev–Trinajstić information content (AvgIpc) is 3.24. The van der Waals surface area contributed by atoms with Crippen LogP contribution in [0.3, 0.4) is 0 Å². The van der Waals surface area contributed by atoms with Gasteiger partial charge < -0.3 is 92.8 Å². The fraction of sp³-hybridized carbons (Fsp3) is 1.00. The molecule has 0 amide bonds. The minimum Gasteiger partial charge on any atom is -0.394 e. The summed E-state index contributed by atoms with van der Waals surface area (Å²) in [6, 6.07) is -3.65. The maximum absolute atomic E-state index is 11.1. The molecule has 7 unspecified atom stereocenters. The first-order chi connectivity index (χ1) is 19.4. The van der Waals surface area contributed by atoms with Crippen LogP contribution in [0.2, 0.25) is 0 Å². The quantitative estimate of drug-likeness (QED) is 0.117. The van der Waals surface area contributed by atoms with E-state index in [0.29, 0.717) is 0 Å². The first kappa shape index (κ1) is 33.2. The van der Waals surface area contributed by atoms with Crippen molar-refractivity contribution in [2.24, 2.45) is 28.7 Å². The topological polar surface area (TPSA) is 327 Å². The Morgan fingerprint density at radius 1 is 0.561 bits per heavy atom. The van der Waals surface area contributed by atoms with Gasteiger partial charge in [-0.05, 0) is 12.8 Å². The molecular weight excluding hydrogens is 554 g/mol. The number of aliphatic hydroxyl groups is 7. The standard InChI is InChI=1S/C23H45N5O13/c24-3-10-15(33)16(34)13(28)22(36-10)40-19-12(5-30)38-23(17(19)35)41-20-14(32)6(25)1-7(26)18(20)39-21-8(27)2-9(31)11(4-29)37-21/h6-23,29-35H,1-5,24-28H2/t6-,7?,8?,9+,10+,11?,12-,13?,14?,15-,16?,17?,18-,19+,20-,21-,22-,23+/m1/s1. The zero-order valence-electron chi connectivity index (χ0n) is 22.4. The van der Waals surface area contributed by atoms with Crippen LogP contribution in [0.5, 0.6) is 0 Å². The normalized spacial score (nSPS) is 53.0. The van der Waals surface area contributed by atoms with E-state index >= 15 is 0 Å². The fourth-order valence-corrected chi connectivity index (χ4v) is 5.68. The molecule has 0 radical (unpaired) electrons. The van der Waals surface area contributed by atoms with E-state index in [4.69, 9.17) is 57.1 Å². The highest BCUT2D eigenvalue weighted by molar-refractivity contribution is 5.01. The smallest absolute Gasteiger partial charge is 0.187 e. The largest absolute Gasteiger partial charge is 0.394 e. The van der Waals surface area contributed by atoms with Gasteiger partial charge in [-0.1, -0.05) is 0 Å². The highest BCUT2D eigenvalue weighted by atomic mass is 16.8. The number of nitrogens with two attached hydrogens (primary N) is 5. The van der Waals surface area contributed by atoms with Crippen LogP contribution in [-0.4, -0.2) is 166 Å². The Balaban J connectivity index is 1.48. The van der Waals surface area contributed by atoms with Crippen LogP contribution in [0, 0.1) is 0 Å². The molecule has 0 aromatic rings. The van der Waals surface area contributed by atoms with Crippen LogP contribution < -0.4 is 28.7 Å². The summed E-state index contributed by atoms with van der Waals surface area (Å²) >= 11 is 0. The molecule has 41 heavy (non-hydrogen) atoms. The fourth-order valence-electron chi connectivity index (χ4n) is 5.68. The molecule has 3 saturated heterocycles. The van der Waals surface area contributed by atoms with Crippen molar-refractivity contribution >= 4 is 0 Å². The third kappa shape index (κ3) is 6.85. The molecule has 4 rings (SSSR count). The Hall–Kier alpha value is -0.720. The molecule has 4 aliphatic rings. The molecule has 18 atom stereocenters. The Bertz CT molecular complexity index is 837. The van der Waals surface area contributed by atoms with E-state index in [-0.39, 0.29) is 19.4 Å². The number of ether oxygens (including phenoxy) is 6. The van der Waals surface area contributed by atoms with E-state index in [2.05, 4.69) is 0 Å². The Kier molecular flexibility index (Phi) is 11.3. The van der Waals surface area contributed by atoms with Gasteiger partial charge in [0.1, 0.15) is 54.9 Å². The number of rotatable bonds is 9. The lowest BCUT2D eigenvalue weighted by Crippen LogP contribution is -2.66. The van der Waals surface area contributed by atoms with Gasteiger partial charge in [0.25, 0.3) is 0 Å². The summed E-state index contributed by atoms with van der Waals surface area (Å²) in [4.78, 5) is 0. The molecule has 0 aromatic heterocycles. The Labute approximate surface area is 236 Å². The second-order valence-electron chi connectivity index (χ2n) is 11.1. The maximum Gasteiger partial charge on any atom is 0.187 e. The second kappa shape index (κ2) is 13.9. The monoisotopic (exact) mass is 599 g/mol. The summed E-state index contributed by atoms with van der Waals surface area (Å²) < 4.78 is 34.7. The number of aliphatic hydroxyl groups excluding tert-OH is 7. The molecule has 4 fully saturated rings. The summed E-state index contributed by atoms with van der Waals surface area (Å²) in [7, 11) is 0. The Morgan fingerprint density at radius 3 is 1.78 bits per heavy atom. The van der Waals surface area contributed by atoms with Crippen LogP contribution in [0.25, 0.3) is 0 Å². The van der Waals surface area contributed by atoms with E-state index in [1.54, 1.807) is 0 Å². The lowest BCUT2D eigenvalue weighted by Gasteiger charge is -2.46. The van der Waals surface area contributed by atoms with Gasteiger partial charge in [-0.25, -0.2) is 0 Å². The van der Waals surface area contributed by atoms with E-state index in [1.807, 2.05) is 0 Å². The summed E-state index contributed by atoms with van der Waals surface area (Å²) in [5.41, 5.74) is 30.1. The summed E-state index contributed by atoms with van der Waals surface area (Å²) in [6.45, 7) is -1.27. The van der Waals surface area contributed by atoms with Crippen molar-refractivity contribution in [1.29, 1.82) is 0 Å². The van der Waals surface area contributed by atoms with Crippen LogP contribution in [0.4, 0.5) is 0 Å². The highest BCUT2D eigenvalue weighted by Crippen LogP contribution is 2.34. The number of hydrogen-bond donors (Lipinski definition) is 12. The molecule has 3 aliphatic heterocycles. The van der Waals surface area contributed by atoms with Crippen molar-refractivity contribution in [3.05, 3.63) is 0 Å². The first-order valence-corrected chi connectivity index (χ1v) is 13.7. The molecule has 0 spiro atoms. The van der Waals surface area contributed by atoms with E-state index in [1.165, 1.54) is 0 Å². The van der Waals surface area contributed by atoms with E-state index in [0.717, 1.165) is 0 Å². The molecule has 240 valence electrons. The molecule has 17 N–H and O–H groups in total. The van der Waals surface area contributed by atoms with Gasteiger partial charge >= 0.3 is 0 Å². The zero-order chi connectivity index (χ0) is 30.2. The van der Waals surface area contributed by atoms with Gasteiger partial charge in [-0.3, -0.25) is 0 Å². The summed E-state index contributed by atoms with van der Waals surface area (Å²) in [6.07, 6.45) is -17.3. The van der Waals surface area contributed by atoms with E-state index < -0.39 is 123 Å². The molecule has 1 aliphatic carbocycles. The summed E-state index contributed by atoms with van der Waals surface area (Å²) in [5, 5.41) is 72.0. The maximum atomic E-state index is 11.1. The van der Waals surface area contributed by atoms with Gasteiger partial charge in [-0.2, -0.15) is 0 Å². The molecule has 1 saturated carbocycles. The lowest BCUT2D eigenvalue weighted by molar-refractivity contribution is -0.298. The van der Waals surface area contributed by atoms with Crippen molar-refractivity contribution in [1.82, 2.24) is 0 Å². The van der Waals surface area contributed by atoms with Gasteiger partial charge in [0.05, 0.1) is 37.5 Å². The average molecular weight is 600 g/mol. The van der Waals surface area contributed by atoms with Crippen molar-refractivity contribution in [2.75, 3.05) is 19.8 Å². The van der Waals surface area contributed by atoms with Crippen molar-refractivity contribution in [3.63, 3.8) is 0 Å². The van der Waals surface area contributed by atoms with Crippen molar-refractivity contribution in [2.45, 2.75) is 123 Å². The molecule has 3 heterocycles. The first-order valence-electron chi connectivity index (χ1n) is 13.7. The Morgan fingerprint density at radius 2 is 1.15 bits per heavy atom. The number of hydrogen-bond acceptors (Lipinski definition) is 18. The van der Waals surface area contributed by atoms with E-state index in [9.17, 15) is 35.7 Å². The summed E-state index contributed by atoms with van der Waals surface area (Å²) in [5.74, 6) is 0. The van der Waals surface area contributed by atoms with Gasteiger partial charge in [0.2, 0.25) is 0 Å². The minimum absolute atomic E-state index is 0.0647. The second-order valence-corrected chi connectivity index (χ2v) is 11.1. The lowest BCUT2D eigenvalue weighted by atomic mass is 9.84. The van der Waals surface area contributed by atoms with Crippen molar-refractivity contribution in [3.8, 4) is 0 Å². The van der Waals surface area contributed by atoms with Crippen LogP contribution in [-0.2, 0) is 28.4 Å². The minimum atomic E-state index is -1.58. The van der Waals surface area contributed by atoms with Crippen LogP contribution >= 0.6 is 0 Å². The molecule has 0 aromatic carbocycles. The zero-order valence-corrected chi connectivity index (χ0v) is 22.4. The highest BCUT2D eigenvalue weighted by Gasteiger charge is 2.53. The van der Waals surface area contributed by atoms with Crippen molar-refractivity contribution < 1.29 is 64.2 Å². The molecular formula is C23H45N5O13. The van der Waals surface area contributed by atoms with Gasteiger partial charge in [0, 0.05) is 18.6 Å². The SMILES string of the molecule is NC[C@@H]1O[C@H](O[C@@H]2C(O)[C@H](O[C@@H]3C(O)[C@H](N)CC(N)[C@H]3O[C@H]3OC(CO)[C@@H](O)CC3N)O[C@@H]2CO)C(N)C(O)[C@@H]1O. The third-order valence-electron chi connectivity index (χ3n) is 8.17.